The Balaban J connectivity index is 3.21. The van der Waals surface area contributed by atoms with Crippen LogP contribution in [0.1, 0.15) is 17.5 Å². The first kappa shape index (κ1) is 16.1. The molecule has 0 aliphatic carbocycles. The van der Waals surface area contributed by atoms with Crippen LogP contribution in [0.25, 0.3) is 0 Å². The van der Waals surface area contributed by atoms with E-state index in [-0.39, 0.29) is 17.9 Å². The summed E-state index contributed by atoms with van der Waals surface area (Å²) >= 11 is 0. The van der Waals surface area contributed by atoms with Crippen LogP contribution in [0.2, 0.25) is 0 Å². The molecule has 0 amide bonds. The summed E-state index contributed by atoms with van der Waals surface area (Å²) < 4.78 is 25.7. The van der Waals surface area contributed by atoms with Gasteiger partial charge in [-0.25, -0.2) is 8.42 Å². The smallest absolute Gasteiger partial charge is 0.318 e. The molecule has 1 aromatic carbocycles. The van der Waals surface area contributed by atoms with Gasteiger partial charge in [-0.2, -0.15) is 9.57 Å². The van der Waals surface area contributed by atoms with Crippen LogP contribution in [0.15, 0.2) is 23.1 Å². The summed E-state index contributed by atoms with van der Waals surface area (Å²) in [5.74, 6) is -1.25. The number of hydrogen-bond donors (Lipinski definition) is 1. The molecule has 0 heterocycles. The van der Waals surface area contributed by atoms with Crippen molar-refractivity contribution in [1.29, 1.82) is 5.26 Å². The quantitative estimate of drug-likeness (QED) is 0.853. The van der Waals surface area contributed by atoms with Crippen LogP contribution in [0, 0.1) is 25.2 Å². The number of aliphatic carboxylic acids is 1. The summed E-state index contributed by atoms with van der Waals surface area (Å²) in [5, 5.41) is 17.4. The lowest BCUT2D eigenvalue weighted by atomic mass is 10.2. The fourth-order valence-corrected chi connectivity index (χ4v) is 3.43. The van der Waals surface area contributed by atoms with E-state index in [1.165, 1.54) is 6.07 Å². The molecule has 0 aliphatic heterocycles. The molecule has 20 heavy (non-hydrogen) atoms. The van der Waals surface area contributed by atoms with Crippen molar-refractivity contribution in [3.8, 4) is 6.07 Å². The van der Waals surface area contributed by atoms with E-state index >= 15 is 0 Å². The van der Waals surface area contributed by atoms with Crippen molar-refractivity contribution in [2.45, 2.75) is 25.2 Å². The Morgan fingerprint density at radius 1 is 1.40 bits per heavy atom. The first-order chi connectivity index (χ1) is 9.28. The lowest BCUT2D eigenvalue weighted by Gasteiger charge is -2.20. The lowest BCUT2D eigenvalue weighted by Crippen LogP contribution is -2.36. The van der Waals surface area contributed by atoms with Crippen LogP contribution in [-0.4, -0.2) is 36.9 Å². The number of carbonyl (C=O) groups is 1. The molecule has 1 aromatic rings. The van der Waals surface area contributed by atoms with Crippen molar-refractivity contribution in [3.63, 3.8) is 0 Å². The van der Waals surface area contributed by atoms with Crippen molar-refractivity contribution in [3.05, 3.63) is 29.3 Å². The molecule has 0 unspecified atom stereocenters. The molecule has 0 saturated heterocycles. The van der Waals surface area contributed by atoms with Crippen LogP contribution in [0.5, 0.6) is 0 Å². The first-order valence-corrected chi connectivity index (χ1v) is 7.39. The van der Waals surface area contributed by atoms with E-state index in [2.05, 4.69) is 0 Å². The fraction of sp³-hybridized carbons (Fsp3) is 0.385. The summed E-state index contributed by atoms with van der Waals surface area (Å²) in [7, 11) is -3.91. The molecular formula is C13H16N2O4S. The van der Waals surface area contributed by atoms with E-state index in [4.69, 9.17) is 10.4 Å². The topological polar surface area (TPSA) is 98.5 Å². The minimum absolute atomic E-state index is 0.0581. The molecule has 0 aromatic heterocycles. The van der Waals surface area contributed by atoms with Crippen molar-refractivity contribution in [1.82, 2.24) is 4.31 Å². The van der Waals surface area contributed by atoms with Crippen LogP contribution >= 0.6 is 0 Å². The minimum Gasteiger partial charge on any atom is -0.480 e. The van der Waals surface area contributed by atoms with E-state index in [9.17, 15) is 13.2 Å². The Labute approximate surface area is 118 Å². The summed E-state index contributed by atoms with van der Waals surface area (Å²) in [6, 6.07) is 6.65. The second-order valence-corrected chi connectivity index (χ2v) is 6.32. The Morgan fingerprint density at radius 2 is 2.05 bits per heavy atom. The molecule has 1 N–H and O–H groups in total. The van der Waals surface area contributed by atoms with Gasteiger partial charge in [0.1, 0.15) is 6.54 Å². The minimum atomic E-state index is -3.91. The van der Waals surface area contributed by atoms with Crippen LogP contribution < -0.4 is 0 Å². The number of hydrogen-bond acceptors (Lipinski definition) is 4. The number of nitriles is 1. The molecular weight excluding hydrogens is 280 g/mol. The standard InChI is InChI=1S/C13H16N2O4S/c1-10-4-5-12(11(2)8-10)20(18,19)15(7-3-6-14)9-13(16)17/h4-5,8H,3,7,9H2,1-2H3,(H,16,17). The predicted molar refractivity (Wildman–Crippen MR) is 72.5 cm³/mol. The number of aryl methyl sites for hydroxylation is 2. The van der Waals surface area contributed by atoms with E-state index in [1.807, 2.05) is 13.0 Å². The molecule has 0 fully saturated rings. The number of sulfonamides is 1. The Morgan fingerprint density at radius 3 is 2.55 bits per heavy atom. The van der Waals surface area contributed by atoms with E-state index in [1.54, 1.807) is 19.1 Å². The van der Waals surface area contributed by atoms with Crippen LogP contribution in [0.3, 0.4) is 0 Å². The van der Waals surface area contributed by atoms with Crippen LogP contribution in [-0.2, 0) is 14.8 Å². The highest BCUT2D eigenvalue weighted by Crippen LogP contribution is 2.21. The van der Waals surface area contributed by atoms with Gasteiger partial charge in [-0.15, -0.1) is 0 Å². The van der Waals surface area contributed by atoms with E-state index in [0.29, 0.717) is 5.56 Å². The Hall–Kier alpha value is -1.91. The second kappa shape index (κ2) is 6.50. The number of benzene rings is 1. The van der Waals surface area contributed by atoms with Crippen molar-refractivity contribution in [2.24, 2.45) is 0 Å². The zero-order chi connectivity index (χ0) is 15.3. The van der Waals surface area contributed by atoms with Gasteiger partial charge in [0.15, 0.2) is 0 Å². The first-order valence-electron chi connectivity index (χ1n) is 5.95. The molecule has 6 nitrogen and oxygen atoms in total. The summed E-state index contributed by atoms with van der Waals surface area (Å²) in [5.41, 5.74) is 1.47. The van der Waals surface area contributed by atoms with Crippen molar-refractivity contribution >= 4 is 16.0 Å². The highest BCUT2D eigenvalue weighted by Gasteiger charge is 2.27. The number of carboxylic acids is 1. The fourth-order valence-electron chi connectivity index (χ4n) is 1.84. The highest BCUT2D eigenvalue weighted by molar-refractivity contribution is 7.89. The monoisotopic (exact) mass is 296 g/mol. The predicted octanol–water partition coefficient (Wildman–Crippen LogP) is 1.29. The SMILES string of the molecule is Cc1ccc(S(=O)(=O)N(CCC#N)CC(=O)O)c(C)c1. The van der Waals surface area contributed by atoms with Gasteiger partial charge in [-0.3, -0.25) is 4.79 Å². The van der Waals surface area contributed by atoms with Crippen molar-refractivity contribution < 1.29 is 18.3 Å². The molecule has 0 spiro atoms. The summed E-state index contributed by atoms with van der Waals surface area (Å²) in [6.45, 7) is 2.70. The zero-order valence-corrected chi connectivity index (χ0v) is 12.1. The Bertz CT molecular complexity index is 647. The molecule has 0 saturated carbocycles. The highest BCUT2D eigenvalue weighted by atomic mass is 32.2. The summed E-state index contributed by atoms with van der Waals surface area (Å²) in [4.78, 5) is 10.9. The molecule has 0 aliphatic rings. The van der Waals surface area contributed by atoms with Gasteiger partial charge in [-0.05, 0) is 25.5 Å². The lowest BCUT2D eigenvalue weighted by molar-refractivity contribution is -0.137. The van der Waals surface area contributed by atoms with E-state index < -0.39 is 22.5 Å². The maximum atomic E-state index is 12.5. The second-order valence-electron chi connectivity index (χ2n) is 4.41. The average Bonchev–Trinajstić information content (AvgIpc) is 2.33. The number of nitrogens with zero attached hydrogens (tertiary/aromatic N) is 2. The third-order valence-corrected chi connectivity index (χ3v) is 4.74. The molecule has 0 atom stereocenters. The van der Waals surface area contributed by atoms with Gasteiger partial charge in [0.2, 0.25) is 10.0 Å². The third kappa shape index (κ3) is 3.79. The zero-order valence-electron chi connectivity index (χ0n) is 11.3. The van der Waals surface area contributed by atoms with Gasteiger partial charge >= 0.3 is 5.97 Å². The molecule has 7 heteroatoms. The number of rotatable bonds is 6. The average molecular weight is 296 g/mol. The normalized spacial score (nSPS) is 11.3. The maximum absolute atomic E-state index is 12.5. The van der Waals surface area contributed by atoms with Gasteiger partial charge in [0.25, 0.3) is 0 Å². The van der Waals surface area contributed by atoms with Gasteiger partial charge in [0, 0.05) is 13.0 Å². The Kier molecular flexibility index (Phi) is 5.25. The van der Waals surface area contributed by atoms with E-state index in [0.717, 1.165) is 9.87 Å². The molecule has 108 valence electrons. The molecule has 0 bridgehead atoms. The largest absolute Gasteiger partial charge is 0.480 e. The third-order valence-electron chi connectivity index (χ3n) is 2.73. The van der Waals surface area contributed by atoms with Gasteiger partial charge in [0.05, 0.1) is 11.0 Å². The molecule has 1 rings (SSSR count). The number of carboxylic acid groups (broad SMARTS) is 1. The van der Waals surface area contributed by atoms with Crippen molar-refractivity contribution in [2.75, 3.05) is 13.1 Å². The van der Waals surface area contributed by atoms with Gasteiger partial charge < -0.3 is 5.11 Å². The van der Waals surface area contributed by atoms with Crippen LogP contribution in [0.4, 0.5) is 0 Å². The summed E-state index contributed by atoms with van der Waals surface area (Å²) in [6.07, 6.45) is -0.0581. The molecule has 0 radical (unpaired) electrons. The van der Waals surface area contributed by atoms with Gasteiger partial charge in [-0.1, -0.05) is 17.7 Å². The maximum Gasteiger partial charge on any atom is 0.318 e.